The van der Waals surface area contributed by atoms with Gasteiger partial charge in [0.1, 0.15) is 12.6 Å². The second-order valence-corrected chi connectivity index (χ2v) is 11.8. The molecule has 0 fully saturated rings. The van der Waals surface area contributed by atoms with Crippen LogP contribution in [0, 0.1) is 20.8 Å². The van der Waals surface area contributed by atoms with Gasteiger partial charge in [-0.05, 0) is 63.4 Å². The number of para-hydroxylation sites is 1. The van der Waals surface area contributed by atoms with Crippen LogP contribution in [-0.4, -0.2) is 44.3 Å². The number of aryl methyl sites for hydroxylation is 3. The van der Waals surface area contributed by atoms with Gasteiger partial charge in [0, 0.05) is 13.1 Å². The summed E-state index contributed by atoms with van der Waals surface area (Å²) in [5, 5.41) is 2.90. The van der Waals surface area contributed by atoms with Crippen molar-refractivity contribution < 1.29 is 18.0 Å². The number of hydrogen-bond donors (Lipinski definition) is 1. The van der Waals surface area contributed by atoms with Crippen molar-refractivity contribution in [2.45, 2.75) is 64.9 Å². The Balaban J connectivity index is 2.00. The standard InChI is InChI=1S/C31H39N3O4S/c1-6-7-20-32-31(36)26(5)33(21-27-16-12-23(2)13-17-27)30(35)22-34(29-11-9-8-10-25(29)4)39(37,38)28-18-14-24(3)15-19-28/h8-19,26H,6-7,20-22H2,1-5H3,(H,32,36)/t26-/m0/s1. The Labute approximate surface area is 232 Å². The summed E-state index contributed by atoms with van der Waals surface area (Å²) in [5.41, 5.74) is 4.00. The molecule has 0 aliphatic heterocycles. The number of anilines is 1. The fourth-order valence-electron chi connectivity index (χ4n) is 4.20. The zero-order valence-electron chi connectivity index (χ0n) is 23.5. The van der Waals surface area contributed by atoms with E-state index < -0.39 is 28.5 Å². The van der Waals surface area contributed by atoms with Gasteiger partial charge >= 0.3 is 0 Å². The molecule has 39 heavy (non-hydrogen) atoms. The number of nitrogens with zero attached hydrogens (tertiary/aromatic N) is 2. The summed E-state index contributed by atoms with van der Waals surface area (Å²) in [7, 11) is -4.08. The minimum Gasteiger partial charge on any atom is -0.354 e. The van der Waals surface area contributed by atoms with Crippen LogP contribution in [0.3, 0.4) is 0 Å². The molecule has 208 valence electrons. The lowest BCUT2D eigenvalue weighted by Crippen LogP contribution is -2.51. The molecule has 0 unspecified atom stereocenters. The van der Waals surface area contributed by atoms with Crippen LogP contribution >= 0.6 is 0 Å². The number of hydrogen-bond acceptors (Lipinski definition) is 4. The molecule has 1 atom stereocenters. The number of nitrogens with one attached hydrogen (secondary N) is 1. The molecule has 7 nitrogen and oxygen atoms in total. The minimum absolute atomic E-state index is 0.0968. The van der Waals surface area contributed by atoms with Crippen molar-refractivity contribution in [3.63, 3.8) is 0 Å². The van der Waals surface area contributed by atoms with Gasteiger partial charge in [0.15, 0.2) is 0 Å². The van der Waals surface area contributed by atoms with E-state index in [0.29, 0.717) is 12.2 Å². The molecule has 3 rings (SSSR count). The highest BCUT2D eigenvalue weighted by Crippen LogP contribution is 2.27. The van der Waals surface area contributed by atoms with Crippen LogP contribution in [-0.2, 0) is 26.2 Å². The Hall–Kier alpha value is -3.65. The maximum Gasteiger partial charge on any atom is 0.264 e. The first-order valence-electron chi connectivity index (χ1n) is 13.3. The fourth-order valence-corrected chi connectivity index (χ4v) is 5.68. The van der Waals surface area contributed by atoms with E-state index in [1.54, 1.807) is 43.3 Å². The second kappa shape index (κ2) is 13.4. The maximum absolute atomic E-state index is 14.0. The largest absolute Gasteiger partial charge is 0.354 e. The quantitative estimate of drug-likeness (QED) is 0.317. The molecule has 1 N–H and O–H groups in total. The number of carbonyl (C=O) groups excluding carboxylic acids is 2. The van der Waals surface area contributed by atoms with Crippen molar-refractivity contribution in [2.24, 2.45) is 0 Å². The van der Waals surface area contributed by atoms with Crippen molar-refractivity contribution in [3.05, 3.63) is 95.1 Å². The van der Waals surface area contributed by atoms with E-state index in [1.165, 1.54) is 4.90 Å². The third kappa shape index (κ3) is 7.69. The van der Waals surface area contributed by atoms with Crippen LogP contribution in [0.4, 0.5) is 5.69 Å². The first kappa shape index (κ1) is 29.9. The molecule has 0 bridgehead atoms. The summed E-state index contributed by atoms with van der Waals surface area (Å²) in [6.45, 7) is 9.64. The van der Waals surface area contributed by atoms with Crippen molar-refractivity contribution in [2.75, 3.05) is 17.4 Å². The second-order valence-electron chi connectivity index (χ2n) is 9.94. The van der Waals surface area contributed by atoms with E-state index in [4.69, 9.17) is 0 Å². The van der Waals surface area contributed by atoms with Gasteiger partial charge in [0.2, 0.25) is 11.8 Å². The molecule has 0 aromatic heterocycles. The Morgan fingerprint density at radius 2 is 1.46 bits per heavy atom. The molecule has 2 amide bonds. The van der Waals surface area contributed by atoms with E-state index in [9.17, 15) is 18.0 Å². The lowest BCUT2D eigenvalue weighted by Gasteiger charge is -2.32. The van der Waals surface area contributed by atoms with Gasteiger partial charge in [-0.1, -0.05) is 79.1 Å². The number of carbonyl (C=O) groups is 2. The van der Waals surface area contributed by atoms with Crippen LogP contribution in [0.15, 0.2) is 77.7 Å². The van der Waals surface area contributed by atoms with E-state index in [-0.39, 0.29) is 17.3 Å². The predicted octanol–water partition coefficient (Wildman–Crippen LogP) is 5.14. The van der Waals surface area contributed by atoms with Gasteiger partial charge < -0.3 is 10.2 Å². The van der Waals surface area contributed by atoms with Gasteiger partial charge in [0.25, 0.3) is 10.0 Å². The number of rotatable bonds is 12. The van der Waals surface area contributed by atoms with Crippen LogP contribution < -0.4 is 9.62 Å². The first-order chi connectivity index (χ1) is 18.5. The van der Waals surface area contributed by atoms with E-state index in [2.05, 4.69) is 5.32 Å². The maximum atomic E-state index is 14.0. The molecule has 3 aromatic carbocycles. The van der Waals surface area contributed by atoms with Gasteiger partial charge in [-0.15, -0.1) is 0 Å². The Morgan fingerprint density at radius 3 is 2.05 bits per heavy atom. The summed E-state index contributed by atoms with van der Waals surface area (Å²) in [6.07, 6.45) is 1.77. The molecule has 0 spiro atoms. The average Bonchev–Trinajstić information content (AvgIpc) is 2.91. The Bertz CT molecular complexity index is 1370. The third-order valence-electron chi connectivity index (χ3n) is 6.74. The predicted molar refractivity (Wildman–Crippen MR) is 156 cm³/mol. The molecule has 0 aliphatic carbocycles. The number of sulfonamides is 1. The van der Waals surface area contributed by atoms with Crippen LogP contribution in [0.2, 0.25) is 0 Å². The highest BCUT2D eigenvalue weighted by atomic mass is 32.2. The van der Waals surface area contributed by atoms with Gasteiger partial charge in [-0.25, -0.2) is 8.42 Å². The lowest BCUT2D eigenvalue weighted by molar-refractivity contribution is -0.139. The fraction of sp³-hybridized carbons (Fsp3) is 0.355. The van der Waals surface area contributed by atoms with E-state index >= 15 is 0 Å². The van der Waals surface area contributed by atoms with Crippen molar-refractivity contribution in [3.8, 4) is 0 Å². The summed E-state index contributed by atoms with van der Waals surface area (Å²) in [6, 6.07) is 20.6. The molecular weight excluding hydrogens is 510 g/mol. The zero-order valence-corrected chi connectivity index (χ0v) is 24.3. The zero-order chi connectivity index (χ0) is 28.6. The van der Waals surface area contributed by atoms with E-state index in [1.807, 2.05) is 64.1 Å². The van der Waals surface area contributed by atoms with Crippen molar-refractivity contribution in [1.82, 2.24) is 10.2 Å². The summed E-state index contributed by atoms with van der Waals surface area (Å²) in [5.74, 6) is -0.736. The number of unbranched alkanes of at least 4 members (excludes halogenated alkanes) is 1. The molecule has 0 saturated heterocycles. The third-order valence-corrected chi connectivity index (χ3v) is 8.52. The number of benzene rings is 3. The van der Waals surface area contributed by atoms with Gasteiger partial charge in [0.05, 0.1) is 10.6 Å². The van der Waals surface area contributed by atoms with Crippen molar-refractivity contribution in [1.29, 1.82) is 0 Å². The molecule has 0 saturated carbocycles. The molecule has 8 heteroatoms. The monoisotopic (exact) mass is 549 g/mol. The van der Waals surface area contributed by atoms with Crippen LogP contribution in [0.1, 0.15) is 48.9 Å². The molecule has 3 aromatic rings. The lowest BCUT2D eigenvalue weighted by atomic mass is 10.1. The van der Waals surface area contributed by atoms with Crippen molar-refractivity contribution >= 4 is 27.5 Å². The highest BCUT2D eigenvalue weighted by Gasteiger charge is 2.33. The molecule has 0 aliphatic rings. The molecular formula is C31H39N3O4S. The van der Waals surface area contributed by atoms with Crippen LogP contribution in [0.25, 0.3) is 0 Å². The van der Waals surface area contributed by atoms with Gasteiger partial charge in [-0.2, -0.15) is 0 Å². The van der Waals surface area contributed by atoms with Gasteiger partial charge in [-0.3, -0.25) is 13.9 Å². The summed E-state index contributed by atoms with van der Waals surface area (Å²) in [4.78, 5) is 28.5. The average molecular weight is 550 g/mol. The topological polar surface area (TPSA) is 86.8 Å². The molecule has 0 heterocycles. The minimum atomic E-state index is -4.08. The molecule has 0 radical (unpaired) electrons. The Morgan fingerprint density at radius 1 is 0.872 bits per heavy atom. The normalized spacial score (nSPS) is 12.0. The Kier molecular flexibility index (Phi) is 10.3. The highest BCUT2D eigenvalue weighted by molar-refractivity contribution is 7.92. The SMILES string of the molecule is CCCCNC(=O)[C@H](C)N(Cc1ccc(C)cc1)C(=O)CN(c1ccccc1C)S(=O)(=O)c1ccc(C)cc1. The smallest absolute Gasteiger partial charge is 0.264 e. The summed E-state index contributed by atoms with van der Waals surface area (Å²) >= 11 is 0. The van der Waals surface area contributed by atoms with Crippen LogP contribution in [0.5, 0.6) is 0 Å². The number of amides is 2. The first-order valence-corrected chi connectivity index (χ1v) is 14.8. The van der Waals surface area contributed by atoms with E-state index in [0.717, 1.165) is 39.4 Å². The summed E-state index contributed by atoms with van der Waals surface area (Å²) < 4.78 is 29.0.